The third-order valence-corrected chi connectivity index (χ3v) is 5.20. The Bertz CT molecular complexity index is 525. The predicted molar refractivity (Wildman–Crippen MR) is 76.0 cm³/mol. The second kappa shape index (κ2) is 4.52. The van der Waals surface area contributed by atoms with Gasteiger partial charge in [-0.3, -0.25) is 0 Å². The average Bonchev–Trinajstić information content (AvgIpc) is 2.76. The molecule has 1 nitrogen and oxygen atoms in total. The van der Waals surface area contributed by atoms with Crippen LogP contribution in [0.1, 0.15) is 40.7 Å². The van der Waals surface area contributed by atoms with Crippen molar-refractivity contribution in [2.45, 2.75) is 37.7 Å². The van der Waals surface area contributed by atoms with Crippen LogP contribution in [-0.2, 0) is 5.41 Å². The highest BCUT2D eigenvalue weighted by molar-refractivity contribution is 7.12. The van der Waals surface area contributed by atoms with Crippen LogP contribution in [-0.4, -0.2) is 5.11 Å². The summed E-state index contributed by atoms with van der Waals surface area (Å²) in [5, 5.41) is 10.8. The lowest BCUT2D eigenvalue weighted by molar-refractivity contribution is 0.0294. The molecule has 1 aromatic heterocycles. The van der Waals surface area contributed by atoms with E-state index < -0.39 is 0 Å². The molecule has 0 aliphatic heterocycles. The molecule has 1 atom stereocenters. The Balaban J connectivity index is 1.97. The van der Waals surface area contributed by atoms with Crippen molar-refractivity contribution in [2.24, 2.45) is 0 Å². The summed E-state index contributed by atoms with van der Waals surface area (Å²) in [6.45, 7) is 2.09. The minimum absolute atomic E-state index is 0.0431. The minimum atomic E-state index is -0.354. The molecule has 2 heteroatoms. The van der Waals surface area contributed by atoms with E-state index in [9.17, 15) is 5.11 Å². The van der Waals surface area contributed by atoms with Gasteiger partial charge in [-0.15, -0.1) is 11.3 Å². The van der Waals surface area contributed by atoms with Gasteiger partial charge in [0.25, 0.3) is 0 Å². The van der Waals surface area contributed by atoms with Gasteiger partial charge in [-0.05, 0) is 37.5 Å². The van der Waals surface area contributed by atoms with Crippen LogP contribution in [0.4, 0.5) is 0 Å². The molecule has 0 saturated heterocycles. The molecule has 1 N–H and O–H groups in total. The molecule has 3 rings (SSSR count). The van der Waals surface area contributed by atoms with E-state index in [1.54, 1.807) is 11.3 Å². The molecule has 0 radical (unpaired) electrons. The van der Waals surface area contributed by atoms with E-state index in [4.69, 9.17) is 0 Å². The fraction of sp³-hybridized carbons (Fsp3) is 0.375. The number of hydrogen-bond donors (Lipinski definition) is 1. The van der Waals surface area contributed by atoms with Gasteiger partial charge in [0, 0.05) is 15.2 Å². The Morgan fingerprint density at radius 1 is 1.11 bits per heavy atom. The predicted octanol–water partition coefficient (Wildman–Crippen LogP) is 4.21. The fourth-order valence-electron chi connectivity index (χ4n) is 2.92. The van der Waals surface area contributed by atoms with Crippen molar-refractivity contribution >= 4 is 11.3 Å². The molecule has 18 heavy (non-hydrogen) atoms. The first kappa shape index (κ1) is 11.9. The monoisotopic (exact) mass is 258 g/mol. The van der Waals surface area contributed by atoms with E-state index >= 15 is 0 Å². The summed E-state index contributed by atoms with van der Waals surface area (Å²) < 4.78 is 0. The van der Waals surface area contributed by atoms with Crippen molar-refractivity contribution in [3.05, 3.63) is 57.8 Å². The van der Waals surface area contributed by atoms with Gasteiger partial charge in [0.15, 0.2) is 0 Å². The van der Waals surface area contributed by atoms with E-state index in [2.05, 4.69) is 43.3 Å². The van der Waals surface area contributed by atoms with Crippen molar-refractivity contribution in [3.8, 4) is 0 Å². The van der Waals surface area contributed by atoms with Crippen LogP contribution in [0.5, 0.6) is 0 Å². The van der Waals surface area contributed by atoms with Crippen LogP contribution in [0.3, 0.4) is 0 Å². The first-order chi connectivity index (χ1) is 8.72. The SMILES string of the molecule is Cc1ccc(C(O)C2(c3ccccc3)CCC2)s1. The molecule has 1 heterocycles. The van der Waals surface area contributed by atoms with Gasteiger partial charge in [0.05, 0.1) is 6.10 Å². The Labute approximate surface area is 112 Å². The summed E-state index contributed by atoms with van der Waals surface area (Å²) in [6.07, 6.45) is 3.05. The highest BCUT2D eigenvalue weighted by Crippen LogP contribution is 2.52. The molecule has 1 aromatic carbocycles. The lowest BCUT2D eigenvalue weighted by Gasteiger charge is -2.45. The van der Waals surface area contributed by atoms with Crippen molar-refractivity contribution in [2.75, 3.05) is 0 Å². The number of aliphatic hydroxyl groups is 1. The second-order valence-corrected chi connectivity index (χ2v) is 6.55. The van der Waals surface area contributed by atoms with Crippen molar-refractivity contribution in [3.63, 3.8) is 0 Å². The van der Waals surface area contributed by atoms with Gasteiger partial charge < -0.3 is 5.11 Å². The molecule has 1 aliphatic carbocycles. The smallest absolute Gasteiger partial charge is 0.0978 e. The van der Waals surface area contributed by atoms with Gasteiger partial charge in [0.1, 0.15) is 0 Å². The second-order valence-electron chi connectivity index (χ2n) is 5.23. The summed E-state index contributed by atoms with van der Waals surface area (Å²) in [5.74, 6) is 0. The highest BCUT2D eigenvalue weighted by atomic mass is 32.1. The minimum Gasteiger partial charge on any atom is -0.387 e. The first-order valence-electron chi connectivity index (χ1n) is 6.52. The molecule has 94 valence electrons. The van der Waals surface area contributed by atoms with Crippen LogP contribution in [0.25, 0.3) is 0 Å². The van der Waals surface area contributed by atoms with E-state index in [0.29, 0.717) is 0 Å². The third-order valence-electron chi connectivity index (χ3n) is 4.15. The number of thiophene rings is 1. The Kier molecular flexibility index (Phi) is 3.00. The molecular weight excluding hydrogens is 240 g/mol. The lowest BCUT2D eigenvalue weighted by Crippen LogP contribution is -2.40. The maximum Gasteiger partial charge on any atom is 0.0978 e. The quantitative estimate of drug-likeness (QED) is 0.874. The molecule has 0 spiro atoms. The Morgan fingerprint density at radius 3 is 2.33 bits per heavy atom. The Hall–Kier alpha value is -1.12. The summed E-state index contributed by atoms with van der Waals surface area (Å²) >= 11 is 1.72. The van der Waals surface area contributed by atoms with Crippen molar-refractivity contribution in [1.29, 1.82) is 0 Å². The van der Waals surface area contributed by atoms with Gasteiger partial charge in [-0.25, -0.2) is 0 Å². The maximum atomic E-state index is 10.8. The summed E-state index contributed by atoms with van der Waals surface area (Å²) in [6, 6.07) is 14.7. The summed E-state index contributed by atoms with van der Waals surface area (Å²) in [5.41, 5.74) is 1.24. The van der Waals surface area contributed by atoms with E-state index in [1.807, 2.05) is 6.07 Å². The summed E-state index contributed by atoms with van der Waals surface area (Å²) in [4.78, 5) is 2.38. The van der Waals surface area contributed by atoms with Crippen LogP contribution in [0, 0.1) is 6.92 Å². The van der Waals surface area contributed by atoms with E-state index in [-0.39, 0.29) is 11.5 Å². The Morgan fingerprint density at radius 2 is 1.83 bits per heavy atom. The van der Waals surface area contributed by atoms with Gasteiger partial charge in [-0.2, -0.15) is 0 Å². The zero-order valence-corrected chi connectivity index (χ0v) is 11.4. The molecule has 1 saturated carbocycles. The molecule has 1 unspecified atom stereocenters. The topological polar surface area (TPSA) is 20.2 Å². The number of aryl methyl sites for hydroxylation is 1. The standard InChI is InChI=1S/C16H18OS/c1-12-8-9-14(18-12)15(17)16(10-5-11-16)13-6-3-2-4-7-13/h2-4,6-9,15,17H,5,10-11H2,1H3. The zero-order valence-electron chi connectivity index (χ0n) is 10.6. The van der Waals surface area contributed by atoms with E-state index in [0.717, 1.165) is 17.7 Å². The molecule has 1 aliphatic rings. The van der Waals surface area contributed by atoms with Gasteiger partial charge in [0.2, 0.25) is 0 Å². The number of rotatable bonds is 3. The summed E-state index contributed by atoms with van der Waals surface area (Å²) in [7, 11) is 0. The fourth-order valence-corrected chi connectivity index (χ4v) is 3.90. The number of hydrogen-bond acceptors (Lipinski definition) is 2. The number of benzene rings is 1. The molecular formula is C16H18OS. The molecule has 2 aromatic rings. The van der Waals surface area contributed by atoms with Crippen molar-refractivity contribution in [1.82, 2.24) is 0 Å². The average molecular weight is 258 g/mol. The lowest BCUT2D eigenvalue weighted by atomic mass is 9.61. The van der Waals surface area contributed by atoms with Crippen LogP contribution in [0.2, 0.25) is 0 Å². The van der Waals surface area contributed by atoms with E-state index in [1.165, 1.54) is 16.9 Å². The van der Waals surface area contributed by atoms with Gasteiger partial charge in [-0.1, -0.05) is 36.8 Å². The van der Waals surface area contributed by atoms with Crippen LogP contribution < -0.4 is 0 Å². The van der Waals surface area contributed by atoms with Gasteiger partial charge >= 0.3 is 0 Å². The van der Waals surface area contributed by atoms with Crippen LogP contribution in [0.15, 0.2) is 42.5 Å². The van der Waals surface area contributed by atoms with Crippen LogP contribution >= 0.6 is 11.3 Å². The molecule has 0 bridgehead atoms. The largest absolute Gasteiger partial charge is 0.387 e. The molecule has 0 amide bonds. The normalized spacial score (nSPS) is 19.2. The molecule has 1 fully saturated rings. The zero-order chi connectivity index (χ0) is 12.6. The maximum absolute atomic E-state index is 10.8. The number of aliphatic hydroxyl groups excluding tert-OH is 1. The first-order valence-corrected chi connectivity index (χ1v) is 7.34. The highest BCUT2D eigenvalue weighted by Gasteiger charge is 2.45. The third kappa shape index (κ3) is 1.80. The van der Waals surface area contributed by atoms with Crippen molar-refractivity contribution < 1.29 is 5.11 Å².